The normalized spacial score (nSPS) is 10.2. The molecule has 0 aromatic heterocycles. The molecule has 0 saturated carbocycles. The van der Waals surface area contributed by atoms with Crippen LogP contribution in [0.3, 0.4) is 0 Å². The molecule has 0 aliphatic heterocycles. The summed E-state index contributed by atoms with van der Waals surface area (Å²) in [5, 5.41) is 0. The molecule has 0 unspecified atom stereocenters. The zero-order chi connectivity index (χ0) is 22.1. The SMILES string of the molecule is C=CCC(=O)OCC(COC(=O)CC=C)(COC(=O)CC=C)COC(=O)CC=C. The van der Waals surface area contributed by atoms with Crippen LogP contribution in [-0.2, 0) is 38.1 Å². The number of hydrogen-bond acceptors (Lipinski definition) is 8. The summed E-state index contributed by atoms with van der Waals surface area (Å²) in [6.45, 7) is 12.5. The maximum atomic E-state index is 11.8. The van der Waals surface area contributed by atoms with Crippen LogP contribution in [0.25, 0.3) is 0 Å². The minimum atomic E-state index is -1.29. The van der Waals surface area contributed by atoms with Crippen molar-refractivity contribution in [1.29, 1.82) is 0 Å². The molecule has 0 heterocycles. The van der Waals surface area contributed by atoms with E-state index in [-0.39, 0.29) is 52.1 Å². The molecule has 0 aromatic carbocycles. The Kier molecular flexibility index (Phi) is 13.2. The van der Waals surface area contributed by atoms with Gasteiger partial charge in [0.2, 0.25) is 0 Å². The Morgan fingerprint density at radius 3 is 0.897 bits per heavy atom. The molecule has 0 aliphatic carbocycles. The monoisotopic (exact) mass is 408 g/mol. The Morgan fingerprint density at radius 2 is 0.724 bits per heavy atom. The van der Waals surface area contributed by atoms with Gasteiger partial charge in [-0.05, 0) is 0 Å². The Bertz CT molecular complexity index is 511. The van der Waals surface area contributed by atoms with Gasteiger partial charge in [0.25, 0.3) is 0 Å². The molecule has 0 rings (SSSR count). The Balaban J connectivity index is 5.45. The first-order chi connectivity index (χ1) is 13.8. The van der Waals surface area contributed by atoms with Crippen molar-refractivity contribution in [3.05, 3.63) is 50.6 Å². The minimum Gasteiger partial charge on any atom is -0.464 e. The van der Waals surface area contributed by atoms with Gasteiger partial charge in [-0.25, -0.2) is 0 Å². The summed E-state index contributed by atoms with van der Waals surface area (Å²) in [4.78, 5) is 47.0. The van der Waals surface area contributed by atoms with Crippen LogP contribution >= 0.6 is 0 Å². The average molecular weight is 408 g/mol. The first-order valence-electron chi connectivity index (χ1n) is 8.88. The van der Waals surface area contributed by atoms with Crippen molar-refractivity contribution in [2.24, 2.45) is 5.41 Å². The van der Waals surface area contributed by atoms with Gasteiger partial charge in [-0.2, -0.15) is 0 Å². The lowest BCUT2D eigenvalue weighted by Gasteiger charge is -2.31. The zero-order valence-electron chi connectivity index (χ0n) is 16.6. The molecule has 8 nitrogen and oxygen atoms in total. The summed E-state index contributed by atoms with van der Waals surface area (Å²) in [6.07, 6.45) is 5.28. The van der Waals surface area contributed by atoms with E-state index in [1.807, 2.05) is 0 Å². The van der Waals surface area contributed by atoms with Crippen LogP contribution in [0.2, 0.25) is 0 Å². The molecule has 0 saturated heterocycles. The highest BCUT2D eigenvalue weighted by Crippen LogP contribution is 2.22. The molecule has 160 valence electrons. The molecule has 0 N–H and O–H groups in total. The van der Waals surface area contributed by atoms with E-state index in [1.165, 1.54) is 24.3 Å². The van der Waals surface area contributed by atoms with Gasteiger partial charge in [0, 0.05) is 0 Å². The second-order valence-corrected chi connectivity index (χ2v) is 6.11. The second kappa shape index (κ2) is 14.8. The van der Waals surface area contributed by atoms with Crippen molar-refractivity contribution in [3.63, 3.8) is 0 Å². The minimum absolute atomic E-state index is 0.0428. The molecule has 0 bridgehead atoms. The number of hydrogen-bond donors (Lipinski definition) is 0. The van der Waals surface area contributed by atoms with Crippen molar-refractivity contribution in [2.75, 3.05) is 26.4 Å². The Morgan fingerprint density at radius 1 is 0.517 bits per heavy atom. The van der Waals surface area contributed by atoms with Crippen LogP contribution in [0.4, 0.5) is 0 Å². The van der Waals surface area contributed by atoms with Crippen molar-refractivity contribution in [2.45, 2.75) is 25.7 Å². The lowest BCUT2D eigenvalue weighted by atomic mass is 9.92. The molecule has 0 atom stereocenters. The molecular weight excluding hydrogens is 380 g/mol. The van der Waals surface area contributed by atoms with Crippen LogP contribution in [-0.4, -0.2) is 50.3 Å². The van der Waals surface area contributed by atoms with Gasteiger partial charge in [0.15, 0.2) is 0 Å². The maximum Gasteiger partial charge on any atom is 0.309 e. The third-order valence-corrected chi connectivity index (χ3v) is 3.40. The maximum absolute atomic E-state index is 11.8. The summed E-state index contributed by atoms with van der Waals surface area (Å²) in [6, 6.07) is 0. The van der Waals surface area contributed by atoms with Crippen LogP contribution in [0.5, 0.6) is 0 Å². The fourth-order valence-electron chi connectivity index (χ4n) is 1.89. The van der Waals surface area contributed by atoms with E-state index >= 15 is 0 Å². The Hall–Kier alpha value is -3.16. The standard InChI is InChI=1S/C21H28O8/c1-5-9-17(22)26-13-21(14-27-18(23)10-6-2,15-28-19(24)11-7-3)16-29-20(25)12-8-4/h5-8H,1-4,9-16H2. The summed E-state index contributed by atoms with van der Waals surface area (Å²) < 4.78 is 20.7. The highest BCUT2D eigenvalue weighted by Gasteiger charge is 2.37. The molecule has 0 aromatic rings. The van der Waals surface area contributed by atoms with Crippen LogP contribution in [0, 0.1) is 5.41 Å². The van der Waals surface area contributed by atoms with Crippen molar-refractivity contribution in [1.82, 2.24) is 0 Å². The lowest BCUT2D eigenvalue weighted by Crippen LogP contribution is -2.44. The summed E-state index contributed by atoms with van der Waals surface area (Å²) in [7, 11) is 0. The third-order valence-electron chi connectivity index (χ3n) is 3.40. The molecular formula is C21H28O8. The highest BCUT2D eigenvalue weighted by atomic mass is 16.6. The number of ether oxygens (including phenoxy) is 4. The number of esters is 4. The molecule has 8 heteroatoms. The van der Waals surface area contributed by atoms with Crippen molar-refractivity contribution >= 4 is 23.9 Å². The van der Waals surface area contributed by atoms with Gasteiger partial charge >= 0.3 is 23.9 Å². The zero-order valence-corrected chi connectivity index (χ0v) is 16.6. The Labute approximate surface area is 170 Å². The summed E-state index contributed by atoms with van der Waals surface area (Å²) >= 11 is 0. The van der Waals surface area contributed by atoms with Gasteiger partial charge < -0.3 is 18.9 Å². The predicted octanol–water partition coefficient (Wildman–Crippen LogP) is 2.45. The van der Waals surface area contributed by atoms with E-state index in [1.54, 1.807) is 0 Å². The molecule has 0 radical (unpaired) electrons. The predicted molar refractivity (Wildman–Crippen MR) is 106 cm³/mol. The van der Waals surface area contributed by atoms with Crippen LogP contribution in [0.15, 0.2) is 50.6 Å². The average Bonchev–Trinajstić information content (AvgIpc) is 2.68. The van der Waals surface area contributed by atoms with E-state index in [0.29, 0.717) is 0 Å². The van der Waals surface area contributed by atoms with Gasteiger partial charge in [-0.1, -0.05) is 24.3 Å². The van der Waals surface area contributed by atoms with Gasteiger partial charge in [0.1, 0.15) is 31.8 Å². The smallest absolute Gasteiger partial charge is 0.309 e. The van der Waals surface area contributed by atoms with Crippen molar-refractivity contribution < 1.29 is 38.1 Å². The number of carbonyl (C=O) groups is 4. The lowest BCUT2D eigenvalue weighted by molar-refractivity contribution is -0.169. The molecule has 0 aliphatic rings. The quantitative estimate of drug-likeness (QED) is 0.218. The van der Waals surface area contributed by atoms with Crippen LogP contribution in [0.1, 0.15) is 25.7 Å². The number of carbonyl (C=O) groups excluding carboxylic acids is 4. The number of rotatable bonds is 16. The van der Waals surface area contributed by atoms with Gasteiger partial charge in [-0.3, -0.25) is 19.2 Å². The molecule has 0 amide bonds. The summed E-state index contributed by atoms with van der Waals surface area (Å²) in [5.41, 5.74) is -1.29. The van der Waals surface area contributed by atoms with E-state index < -0.39 is 29.3 Å². The van der Waals surface area contributed by atoms with Crippen LogP contribution < -0.4 is 0 Å². The molecule has 29 heavy (non-hydrogen) atoms. The fraction of sp³-hybridized carbons (Fsp3) is 0.429. The third kappa shape index (κ3) is 12.0. The molecule has 0 spiro atoms. The van der Waals surface area contributed by atoms with E-state index in [9.17, 15) is 19.2 Å². The second-order valence-electron chi connectivity index (χ2n) is 6.11. The molecule has 0 fully saturated rings. The topological polar surface area (TPSA) is 105 Å². The highest BCUT2D eigenvalue weighted by molar-refractivity contribution is 5.72. The van der Waals surface area contributed by atoms with Gasteiger partial charge in [-0.15, -0.1) is 26.3 Å². The van der Waals surface area contributed by atoms with Crippen molar-refractivity contribution in [3.8, 4) is 0 Å². The first kappa shape index (κ1) is 25.8. The first-order valence-corrected chi connectivity index (χ1v) is 8.88. The largest absolute Gasteiger partial charge is 0.464 e. The van der Waals surface area contributed by atoms with E-state index in [0.717, 1.165) is 0 Å². The van der Waals surface area contributed by atoms with E-state index in [4.69, 9.17) is 18.9 Å². The van der Waals surface area contributed by atoms with E-state index in [2.05, 4.69) is 26.3 Å². The van der Waals surface area contributed by atoms with Gasteiger partial charge in [0.05, 0.1) is 25.7 Å². The fourth-order valence-corrected chi connectivity index (χ4v) is 1.89. The summed E-state index contributed by atoms with van der Waals surface area (Å²) in [5.74, 6) is -2.35.